The summed E-state index contributed by atoms with van der Waals surface area (Å²) in [6.07, 6.45) is 2.68. The van der Waals surface area contributed by atoms with Gasteiger partial charge in [0, 0.05) is 25.2 Å². The number of aliphatic hydroxyl groups excluding tert-OH is 1. The highest BCUT2D eigenvalue weighted by molar-refractivity contribution is 7.89. The number of anilines is 2. The summed E-state index contributed by atoms with van der Waals surface area (Å²) in [5.74, 6) is -2.45. The Bertz CT molecular complexity index is 1200. The van der Waals surface area contributed by atoms with E-state index >= 15 is 0 Å². The second kappa shape index (κ2) is 14.6. The molecule has 0 unspecified atom stereocenters. The average Bonchev–Trinajstić information content (AvgIpc) is 3.19. The molecule has 0 spiro atoms. The summed E-state index contributed by atoms with van der Waals surface area (Å²) in [6, 6.07) is 2.18. The average molecular weight is 610 g/mol. The molecule has 2 aromatic rings. The molecule has 0 atom stereocenters. The highest BCUT2D eigenvalue weighted by atomic mass is 35.5. The number of benzene rings is 1. The number of sulfonamides is 1. The highest BCUT2D eigenvalue weighted by Gasteiger charge is 2.29. The van der Waals surface area contributed by atoms with Crippen LogP contribution in [0.15, 0.2) is 12.1 Å². The molecular formula is C25H38ClF2N5O4S2. The number of carbonyl (C=O) groups is 1. The van der Waals surface area contributed by atoms with Gasteiger partial charge in [-0.1, -0.05) is 25.2 Å². The van der Waals surface area contributed by atoms with E-state index in [0.717, 1.165) is 23.5 Å². The molecule has 1 aromatic heterocycles. The lowest BCUT2D eigenvalue weighted by molar-refractivity contribution is 0.103. The maximum atomic E-state index is 14.9. The first-order valence-electron chi connectivity index (χ1n) is 12.7. The SMILES string of the molecule is CC(C)CS(=O)(=O)N[C@H]1CC[C@H](Nc2nc(NCCO)c(C(=O)c3c(F)cc(CN(C)C)cc3F)s2)CC1.Cl. The van der Waals surface area contributed by atoms with E-state index in [4.69, 9.17) is 0 Å². The van der Waals surface area contributed by atoms with E-state index in [9.17, 15) is 27.1 Å². The van der Waals surface area contributed by atoms with Gasteiger partial charge in [-0.15, -0.1) is 12.4 Å². The molecule has 1 heterocycles. The summed E-state index contributed by atoms with van der Waals surface area (Å²) in [4.78, 5) is 19.5. The topological polar surface area (TPSA) is 124 Å². The van der Waals surface area contributed by atoms with Crippen LogP contribution in [-0.2, 0) is 16.6 Å². The van der Waals surface area contributed by atoms with Crippen LogP contribution < -0.4 is 15.4 Å². The minimum Gasteiger partial charge on any atom is -0.395 e. The van der Waals surface area contributed by atoms with Gasteiger partial charge in [0.15, 0.2) is 10.9 Å². The minimum atomic E-state index is -3.33. The van der Waals surface area contributed by atoms with Crippen LogP contribution in [0.5, 0.6) is 0 Å². The lowest BCUT2D eigenvalue weighted by atomic mass is 9.92. The fourth-order valence-corrected chi connectivity index (χ4v) is 7.20. The molecule has 220 valence electrons. The summed E-state index contributed by atoms with van der Waals surface area (Å²) >= 11 is 0.987. The Morgan fingerprint density at radius 3 is 2.28 bits per heavy atom. The molecule has 0 radical (unpaired) electrons. The smallest absolute Gasteiger partial charge is 0.212 e. The van der Waals surface area contributed by atoms with Gasteiger partial charge in [-0.25, -0.2) is 26.9 Å². The molecule has 0 saturated heterocycles. The van der Waals surface area contributed by atoms with Crippen molar-refractivity contribution >= 4 is 50.5 Å². The Morgan fingerprint density at radius 1 is 1.15 bits per heavy atom. The molecule has 9 nitrogen and oxygen atoms in total. The fourth-order valence-electron chi connectivity index (χ4n) is 4.51. The third-order valence-electron chi connectivity index (χ3n) is 6.02. The van der Waals surface area contributed by atoms with Crippen molar-refractivity contribution in [3.63, 3.8) is 0 Å². The van der Waals surface area contributed by atoms with Crippen molar-refractivity contribution in [1.29, 1.82) is 0 Å². The van der Waals surface area contributed by atoms with Gasteiger partial charge in [-0.2, -0.15) is 0 Å². The number of halogens is 3. The third kappa shape index (κ3) is 9.61. The predicted octanol–water partition coefficient (Wildman–Crippen LogP) is 3.84. The molecule has 4 N–H and O–H groups in total. The Labute approximate surface area is 239 Å². The van der Waals surface area contributed by atoms with Gasteiger partial charge in [0.05, 0.1) is 17.9 Å². The second-order valence-corrected chi connectivity index (χ2v) is 13.1. The third-order valence-corrected chi connectivity index (χ3v) is 8.80. The van der Waals surface area contributed by atoms with Gasteiger partial charge >= 0.3 is 0 Å². The maximum Gasteiger partial charge on any atom is 0.212 e. The molecule has 1 fully saturated rings. The van der Waals surface area contributed by atoms with Crippen molar-refractivity contribution < 1.29 is 27.1 Å². The van der Waals surface area contributed by atoms with Crippen molar-refractivity contribution in [3.05, 3.63) is 39.8 Å². The monoisotopic (exact) mass is 609 g/mol. The molecule has 1 aliphatic carbocycles. The van der Waals surface area contributed by atoms with Crippen molar-refractivity contribution in [2.45, 2.75) is 58.2 Å². The van der Waals surface area contributed by atoms with Gasteiger partial charge < -0.3 is 20.6 Å². The van der Waals surface area contributed by atoms with Crippen molar-refractivity contribution in [2.75, 3.05) is 43.6 Å². The maximum absolute atomic E-state index is 14.9. The van der Waals surface area contributed by atoms with E-state index in [1.165, 1.54) is 0 Å². The molecule has 1 aliphatic rings. The number of hydrogen-bond acceptors (Lipinski definition) is 9. The van der Waals surface area contributed by atoms with E-state index in [0.29, 0.717) is 42.9 Å². The Morgan fingerprint density at radius 2 is 1.74 bits per heavy atom. The zero-order chi connectivity index (χ0) is 28.0. The Hall–Kier alpha value is -1.90. The van der Waals surface area contributed by atoms with Crippen molar-refractivity contribution in [2.24, 2.45) is 5.92 Å². The molecule has 3 rings (SSSR count). The number of ketones is 1. The van der Waals surface area contributed by atoms with Crippen LogP contribution in [0.3, 0.4) is 0 Å². The molecule has 0 amide bonds. The van der Waals surface area contributed by atoms with Gasteiger partial charge in [-0.3, -0.25) is 4.79 Å². The summed E-state index contributed by atoms with van der Waals surface area (Å²) in [7, 11) is 0.220. The molecule has 0 aliphatic heterocycles. The second-order valence-electron chi connectivity index (χ2n) is 10.3. The molecule has 0 bridgehead atoms. The number of aliphatic hydroxyl groups is 1. The highest BCUT2D eigenvalue weighted by Crippen LogP contribution is 2.33. The van der Waals surface area contributed by atoms with E-state index < -0.39 is 33.0 Å². The number of carbonyl (C=O) groups excluding carboxylic acids is 1. The summed E-state index contributed by atoms with van der Waals surface area (Å²) in [6.45, 7) is 3.94. The molecule has 39 heavy (non-hydrogen) atoms. The van der Waals surface area contributed by atoms with Crippen LogP contribution >= 0.6 is 23.7 Å². The predicted molar refractivity (Wildman–Crippen MR) is 154 cm³/mol. The number of nitrogens with zero attached hydrogens (tertiary/aromatic N) is 2. The van der Waals surface area contributed by atoms with Crippen LogP contribution in [0.25, 0.3) is 0 Å². The quantitative estimate of drug-likeness (QED) is 0.253. The normalized spacial score (nSPS) is 17.8. The summed E-state index contributed by atoms with van der Waals surface area (Å²) in [5.41, 5.74) is -0.238. The summed E-state index contributed by atoms with van der Waals surface area (Å²) < 4.78 is 57.0. The zero-order valence-corrected chi connectivity index (χ0v) is 25.0. The van der Waals surface area contributed by atoms with Crippen molar-refractivity contribution in [1.82, 2.24) is 14.6 Å². The first kappa shape index (κ1) is 33.3. The molecule has 1 saturated carbocycles. The lowest BCUT2D eigenvalue weighted by Crippen LogP contribution is -2.41. The van der Waals surface area contributed by atoms with Crippen LogP contribution in [-0.4, -0.2) is 74.3 Å². The first-order valence-corrected chi connectivity index (χ1v) is 15.1. The van der Waals surface area contributed by atoms with Gasteiger partial charge in [0.25, 0.3) is 0 Å². The lowest BCUT2D eigenvalue weighted by Gasteiger charge is -2.29. The minimum absolute atomic E-state index is 0. The fraction of sp³-hybridized carbons (Fsp3) is 0.600. The van der Waals surface area contributed by atoms with Gasteiger partial charge in [0.2, 0.25) is 15.8 Å². The number of hydrogen-bond donors (Lipinski definition) is 4. The van der Waals surface area contributed by atoms with Crippen LogP contribution in [0.4, 0.5) is 19.7 Å². The molecular weight excluding hydrogens is 572 g/mol. The number of thiazole rings is 1. The largest absolute Gasteiger partial charge is 0.395 e. The number of rotatable bonds is 13. The number of nitrogens with one attached hydrogen (secondary N) is 3. The van der Waals surface area contributed by atoms with Crippen LogP contribution in [0.2, 0.25) is 0 Å². The van der Waals surface area contributed by atoms with E-state index in [1.54, 1.807) is 19.0 Å². The van der Waals surface area contributed by atoms with Gasteiger partial charge in [-0.05, 0) is 63.4 Å². The first-order chi connectivity index (χ1) is 17.9. The van der Waals surface area contributed by atoms with Crippen molar-refractivity contribution in [3.8, 4) is 0 Å². The van der Waals surface area contributed by atoms with E-state index in [2.05, 4.69) is 20.3 Å². The number of aromatic nitrogens is 1. The van der Waals surface area contributed by atoms with Crippen LogP contribution in [0.1, 0.15) is 60.3 Å². The van der Waals surface area contributed by atoms with E-state index in [1.807, 2.05) is 13.8 Å². The van der Waals surface area contributed by atoms with Crippen LogP contribution in [0, 0.1) is 17.6 Å². The molecule has 14 heteroatoms. The Kier molecular flexibility index (Phi) is 12.5. The molecule has 1 aromatic carbocycles. The summed E-state index contributed by atoms with van der Waals surface area (Å²) in [5, 5.41) is 15.8. The van der Waals surface area contributed by atoms with E-state index in [-0.39, 0.29) is 60.0 Å². The Balaban J connectivity index is 0.00000533. The zero-order valence-electron chi connectivity index (χ0n) is 22.6. The van der Waals surface area contributed by atoms with Gasteiger partial charge in [0.1, 0.15) is 16.5 Å². The standard InChI is InChI=1S/C25H37F2N5O4S2.ClH/c1-15(2)14-38(35,36)31-18-7-5-17(6-8-18)29-25-30-24(28-9-10-33)23(37-25)22(34)21-19(26)11-16(12-20(21)27)13-32(3)4;/h11-12,15,17-18,28,31,33H,5-10,13-14H2,1-4H3,(H,29,30);1H/t17-,18-;.